The third-order valence-corrected chi connectivity index (χ3v) is 5.03. The molecule has 1 aromatic heterocycles. The first-order valence-electron chi connectivity index (χ1n) is 7.56. The zero-order valence-electron chi connectivity index (χ0n) is 13.0. The number of hydrogen-bond acceptors (Lipinski definition) is 3. The number of carbonyl (C=O) groups excluding carboxylic acids is 2. The largest absolute Gasteiger partial charge is 0.365 e. The number of rotatable bonds is 2. The number of thiophene rings is 1. The van der Waals surface area contributed by atoms with Crippen LogP contribution in [0.1, 0.15) is 67.3 Å². The Hall–Kier alpha value is -1.36. The Bertz CT molecular complexity index is 555. The van der Waals surface area contributed by atoms with Crippen LogP contribution in [-0.4, -0.2) is 11.8 Å². The Morgan fingerprint density at radius 1 is 1.10 bits per heavy atom. The molecular formula is C16H24N2O2S. The average molecular weight is 308 g/mol. The summed E-state index contributed by atoms with van der Waals surface area (Å²) in [5, 5.41) is 3.54. The molecule has 0 saturated carbocycles. The van der Waals surface area contributed by atoms with Crippen LogP contribution in [0.25, 0.3) is 0 Å². The van der Waals surface area contributed by atoms with Crippen molar-refractivity contribution in [2.75, 3.05) is 5.32 Å². The van der Waals surface area contributed by atoms with E-state index < -0.39 is 11.3 Å². The molecule has 0 radical (unpaired) electrons. The van der Waals surface area contributed by atoms with Crippen LogP contribution < -0.4 is 11.1 Å². The predicted octanol–water partition coefficient (Wildman–Crippen LogP) is 3.49. The van der Waals surface area contributed by atoms with Crippen LogP contribution in [-0.2, 0) is 17.6 Å². The topological polar surface area (TPSA) is 72.2 Å². The van der Waals surface area contributed by atoms with Gasteiger partial charge < -0.3 is 11.1 Å². The lowest BCUT2D eigenvalue weighted by atomic mass is 9.95. The van der Waals surface area contributed by atoms with Gasteiger partial charge in [-0.25, -0.2) is 0 Å². The molecule has 0 bridgehead atoms. The number of nitrogens with one attached hydrogen (secondary N) is 1. The van der Waals surface area contributed by atoms with Crippen LogP contribution in [0.2, 0.25) is 0 Å². The highest BCUT2D eigenvalue weighted by Crippen LogP contribution is 2.37. The second-order valence-corrected chi connectivity index (χ2v) is 7.80. The molecule has 116 valence electrons. The number of fused-ring (bicyclic) bond motifs is 1. The lowest BCUT2D eigenvalue weighted by Crippen LogP contribution is -2.28. The molecule has 4 nitrogen and oxygen atoms in total. The molecule has 21 heavy (non-hydrogen) atoms. The molecule has 0 atom stereocenters. The molecule has 0 spiro atoms. The molecule has 2 amide bonds. The summed E-state index contributed by atoms with van der Waals surface area (Å²) in [5.74, 6) is -0.517. The number of aryl methyl sites for hydroxylation is 1. The first-order valence-corrected chi connectivity index (χ1v) is 8.38. The zero-order valence-corrected chi connectivity index (χ0v) is 13.9. The van der Waals surface area contributed by atoms with E-state index in [1.54, 1.807) is 0 Å². The minimum absolute atomic E-state index is 0.0841. The first-order chi connectivity index (χ1) is 9.80. The third-order valence-electron chi connectivity index (χ3n) is 3.83. The lowest BCUT2D eigenvalue weighted by molar-refractivity contribution is -0.123. The Balaban J connectivity index is 2.39. The summed E-state index contributed by atoms with van der Waals surface area (Å²) in [6, 6.07) is 0. The monoisotopic (exact) mass is 308 g/mol. The van der Waals surface area contributed by atoms with Gasteiger partial charge in [-0.05, 0) is 31.2 Å². The molecule has 0 aliphatic heterocycles. The van der Waals surface area contributed by atoms with Crippen molar-refractivity contribution in [1.29, 1.82) is 0 Å². The highest BCUT2D eigenvalue weighted by Gasteiger charge is 2.27. The van der Waals surface area contributed by atoms with E-state index in [2.05, 4.69) is 5.32 Å². The molecule has 1 aliphatic rings. The van der Waals surface area contributed by atoms with Gasteiger partial charge in [0.2, 0.25) is 5.91 Å². The van der Waals surface area contributed by atoms with Gasteiger partial charge in [0.15, 0.2) is 0 Å². The van der Waals surface area contributed by atoms with Crippen molar-refractivity contribution >= 4 is 28.2 Å². The van der Waals surface area contributed by atoms with E-state index >= 15 is 0 Å². The molecule has 0 saturated heterocycles. The van der Waals surface area contributed by atoms with Crippen molar-refractivity contribution in [3.8, 4) is 0 Å². The van der Waals surface area contributed by atoms with Gasteiger partial charge in [-0.2, -0.15) is 0 Å². The van der Waals surface area contributed by atoms with Crippen molar-refractivity contribution in [2.24, 2.45) is 11.1 Å². The van der Waals surface area contributed by atoms with E-state index in [4.69, 9.17) is 5.73 Å². The molecule has 0 unspecified atom stereocenters. The van der Waals surface area contributed by atoms with Crippen LogP contribution in [0.5, 0.6) is 0 Å². The molecule has 3 N–H and O–H groups in total. The van der Waals surface area contributed by atoms with E-state index in [0.29, 0.717) is 10.6 Å². The van der Waals surface area contributed by atoms with Crippen molar-refractivity contribution in [1.82, 2.24) is 0 Å². The summed E-state index contributed by atoms with van der Waals surface area (Å²) in [6.45, 7) is 5.57. The highest BCUT2D eigenvalue weighted by atomic mass is 32.1. The van der Waals surface area contributed by atoms with Gasteiger partial charge in [0.05, 0.1) is 5.56 Å². The number of amides is 2. The Morgan fingerprint density at radius 2 is 1.71 bits per heavy atom. The average Bonchev–Trinajstić information content (AvgIpc) is 2.65. The van der Waals surface area contributed by atoms with E-state index in [1.807, 2.05) is 20.8 Å². The second-order valence-electron chi connectivity index (χ2n) is 6.69. The van der Waals surface area contributed by atoms with Gasteiger partial charge in [0, 0.05) is 10.3 Å². The molecule has 2 rings (SSSR count). The minimum Gasteiger partial charge on any atom is -0.365 e. The molecule has 1 heterocycles. The fraction of sp³-hybridized carbons (Fsp3) is 0.625. The van der Waals surface area contributed by atoms with Crippen LogP contribution in [0, 0.1) is 5.41 Å². The normalized spacial score (nSPS) is 15.8. The fourth-order valence-corrected chi connectivity index (χ4v) is 3.85. The van der Waals surface area contributed by atoms with Gasteiger partial charge in [-0.1, -0.05) is 33.6 Å². The lowest BCUT2D eigenvalue weighted by Gasteiger charge is -2.17. The SMILES string of the molecule is CC(C)(C)C(=O)Nc1sc2c(c1C(N)=O)CCCCCC2. The molecule has 0 aromatic carbocycles. The Morgan fingerprint density at radius 3 is 2.29 bits per heavy atom. The maximum atomic E-state index is 12.2. The van der Waals surface area contributed by atoms with Crippen molar-refractivity contribution in [2.45, 2.75) is 59.3 Å². The van der Waals surface area contributed by atoms with E-state index in [9.17, 15) is 9.59 Å². The summed E-state index contributed by atoms with van der Waals surface area (Å²) >= 11 is 1.52. The van der Waals surface area contributed by atoms with Gasteiger partial charge >= 0.3 is 0 Å². The summed E-state index contributed by atoms with van der Waals surface area (Å²) in [4.78, 5) is 25.3. The quantitative estimate of drug-likeness (QED) is 0.877. The number of nitrogens with two attached hydrogens (primary N) is 1. The molecule has 5 heteroatoms. The van der Waals surface area contributed by atoms with Crippen LogP contribution in [0.3, 0.4) is 0 Å². The highest BCUT2D eigenvalue weighted by molar-refractivity contribution is 7.17. The van der Waals surface area contributed by atoms with Crippen LogP contribution >= 0.6 is 11.3 Å². The summed E-state index contributed by atoms with van der Waals surface area (Å²) in [6.07, 6.45) is 6.50. The molecular weight excluding hydrogens is 284 g/mol. The summed E-state index contributed by atoms with van der Waals surface area (Å²) in [7, 11) is 0. The maximum absolute atomic E-state index is 12.2. The van der Waals surface area contributed by atoms with Gasteiger partial charge in [0.25, 0.3) is 5.91 Å². The summed E-state index contributed by atoms with van der Waals surface area (Å²) in [5.41, 5.74) is 6.68. The van der Waals surface area contributed by atoms with Crippen molar-refractivity contribution in [3.63, 3.8) is 0 Å². The third kappa shape index (κ3) is 3.64. The molecule has 1 aliphatic carbocycles. The Labute approximate surface area is 130 Å². The maximum Gasteiger partial charge on any atom is 0.251 e. The number of primary amides is 1. The van der Waals surface area contributed by atoms with E-state index in [-0.39, 0.29) is 5.91 Å². The zero-order chi connectivity index (χ0) is 15.6. The molecule has 0 fully saturated rings. The van der Waals surface area contributed by atoms with Crippen LogP contribution in [0.15, 0.2) is 0 Å². The number of anilines is 1. The molecule has 1 aromatic rings. The standard InChI is InChI=1S/C16H24N2O2S/c1-16(2,3)15(20)18-14-12(13(17)19)10-8-6-4-5-7-9-11(10)21-14/h4-9H2,1-3H3,(H2,17,19)(H,18,20). The fourth-order valence-electron chi connectivity index (χ4n) is 2.56. The van der Waals surface area contributed by atoms with Crippen molar-refractivity contribution in [3.05, 3.63) is 16.0 Å². The second kappa shape index (κ2) is 6.18. The number of hydrogen-bond donors (Lipinski definition) is 2. The summed E-state index contributed by atoms with van der Waals surface area (Å²) < 4.78 is 0. The Kier molecular flexibility index (Phi) is 4.71. The van der Waals surface area contributed by atoms with E-state index in [0.717, 1.165) is 31.2 Å². The van der Waals surface area contributed by atoms with Crippen LogP contribution in [0.4, 0.5) is 5.00 Å². The van der Waals surface area contributed by atoms with Gasteiger partial charge in [0.1, 0.15) is 5.00 Å². The van der Waals surface area contributed by atoms with Gasteiger partial charge in [-0.15, -0.1) is 11.3 Å². The van der Waals surface area contributed by atoms with Crippen molar-refractivity contribution < 1.29 is 9.59 Å². The first kappa shape index (κ1) is 16.0. The number of carbonyl (C=O) groups is 2. The smallest absolute Gasteiger partial charge is 0.251 e. The minimum atomic E-state index is -0.493. The van der Waals surface area contributed by atoms with Gasteiger partial charge in [-0.3, -0.25) is 9.59 Å². The predicted molar refractivity (Wildman–Crippen MR) is 86.8 cm³/mol. The van der Waals surface area contributed by atoms with E-state index in [1.165, 1.54) is 29.1 Å².